The summed E-state index contributed by atoms with van der Waals surface area (Å²) >= 11 is 3.43. The summed E-state index contributed by atoms with van der Waals surface area (Å²) in [7, 11) is 0. The van der Waals surface area contributed by atoms with Crippen molar-refractivity contribution >= 4 is 21.6 Å². The van der Waals surface area contributed by atoms with Gasteiger partial charge in [-0.2, -0.15) is 0 Å². The third kappa shape index (κ3) is 3.57. The lowest BCUT2D eigenvalue weighted by Crippen LogP contribution is -2.07. The smallest absolute Gasteiger partial charge is 0.125 e. The molecule has 2 rings (SSSR count). The first-order chi connectivity index (χ1) is 9.10. The van der Waals surface area contributed by atoms with Gasteiger partial charge in [-0.05, 0) is 58.6 Å². The Labute approximate surface area is 122 Å². The maximum atomic E-state index is 13.2. The molecule has 2 aromatic carbocycles. The first kappa shape index (κ1) is 14.1. The summed E-state index contributed by atoms with van der Waals surface area (Å²) in [5.74, 6) is -0.237. The molecule has 0 radical (unpaired) electrons. The molecule has 0 aromatic heterocycles. The molecule has 0 saturated carbocycles. The van der Waals surface area contributed by atoms with Crippen LogP contribution in [0.1, 0.15) is 31.0 Å². The third-order valence-corrected chi connectivity index (χ3v) is 3.88. The zero-order valence-corrected chi connectivity index (χ0v) is 12.7. The average molecular weight is 322 g/mol. The molecule has 0 saturated heterocycles. The van der Waals surface area contributed by atoms with E-state index in [9.17, 15) is 4.39 Å². The number of halogens is 2. The van der Waals surface area contributed by atoms with E-state index in [1.165, 1.54) is 23.3 Å². The van der Waals surface area contributed by atoms with Gasteiger partial charge in [-0.1, -0.05) is 31.2 Å². The van der Waals surface area contributed by atoms with Crippen molar-refractivity contribution in [1.82, 2.24) is 0 Å². The minimum absolute atomic E-state index is 0.129. The SMILES string of the molecule is CCc1ccc(C(C)Nc2cc(F)ccc2Br)cc1. The van der Waals surface area contributed by atoms with Crippen molar-refractivity contribution in [2.75, 3.05) is 5.32 Å². The van der Waals surface area contributed by atoms with Gasteiger partial charge in [0.15, 0.2) is 0 Å². The third-order valence-electron chi connectivity index (χ3n) is 3.19. The minimum atomic E-state index is -0.237. The van der Waals surface area contributed by atoms with Crippen molar-refractivity contribution in [1.29, 1.82) is 0 Å². The summed E-state index contributed by atoms with van der Waals surface area (Å²) in [4.78, 5) is 0. The summed E-state index contributed by atoms with van der Waals surface area (Å²) in [6.45, 7) is 4.21. The van der Waals surface area contributed by atoms with Gasteiger partial charge < -0.3 is 5.32 Å². The van der Waals surface area contributed by atoms with Gasteiger partial charge >= 0.3 is 0 Å². The van der Waals surface area contributed by atoms with Gasteiger partial charge in [0.25, 0.3) is 0 Å². The molecule has 100 valence electrons. The van der Waals surface area contributed by atoms with E-state index in [-0.39, 0.29) is 11.9 Å². The van der Waals surface area contributed by atoms with E-state index in [2.05, 4.69) is 59.4 Å². The van der Waals surface area contributed by atoms with Crippen LogP contribution < -0.4 is 5.32 Å². The summed E-state index contributed by atoms with van der Waals surface area (Å²) in [5.41, 5.74) is 3.28. The molecule has 0 aliphatic rings. The van der Waals surface area contributed by atoms with Gasteiger partial charge in [-0.25, -0.2) is 4.39 Å². The number of rotatable bonds is 4. The number of aryl methyl sites for hydroxylation is 1. The topological polar surface area (TPSA) is 12.0 Å². The lowest BCUT2D eigenvalue weighted by molar-refractivity contribution is 0.627. The molecule has 1 unspecified atom stereocenters. The van der Waals surface area contributed by atoms with Crippen LogP contribution in [0.5, 0.6) is 0 Å². The standard InChI is InChI=1S/C16H17BrFN/c1-3-12-4-6-13(7-5-12)11(2)19-16-10-14(18)8-9-15(16)17/h4-11,19H,3H2,1-2H3. The summed E-state index contributed by atoms with van der Waals surface area (Å²) in [5, 5.41) is 3.32. The number of hydrogen-bond donors (Lipinski definition) is 1. The average Bonchev–Trinajstić information content (AvgIpc) is 2.43. The molecule has 0 bridgehead atoms. The van der Waals surface area contributed by atoms with Gasteiger partial charge in [0.1, 0.15) is 5.82 Å². The monoisotopic (exact) mass is 321 g/mol. The van der Waals surface area contributed by atoms with Crippen LogP contribution in [0.3, 0.4) is 0 Å². The highest BCUT2D eigenvalue weighted by molar-refractivity contribution is 9.10. The molecule has 0 heterocycles. The summed E-state index contributed by atoms with van der Waals surface area (Å²) in [6, 6.07) is 13.3. The summed E-state index contributed by atoms with van der Waals surface area (Å²) in [6.07, 6.45) is 1.04. The van der Waals surface area contributed by atoms with E-state index < -0.39 is 0 Å². The number of hydrogen-bond acceptors (Lipinski definition) is 1. The van der Waals surface area contributed by atoms with Crippen LogP contribution in [0.15, 0.2) is 46.9 Å². The fourth-order valence-corrected chi connectivity index (χ4v) is 2.33. The van der Waals surface area contributed by atoms with Crippen LogP contribution in [-0.2, 0) is 6.42 Å². The zero-order chi connectivity index (χ0) is 13.8. The van der Waals surface area contributed by atoms with Crippen LogP contribution >= 0.6 is 15.9 Å². The van der Waals surface area contributed by atoms with Crippen molar-refractivity contribution < 1.29 is 4.39 Å². The second-order valence-corrected chi connectivity index (χ2v) is 5.44. The maximum Gasteiger partial charge on any atom is 0.125 e. The van der Waals surface area contributed by atoms with Gasteiger partial charge in [0.2, 0.25) is 0 Å². The van der Waals surface area contributed by atoms with Crippen molar-refractivity contribution in [2.45, 2.75) is 26.3 Å². The first-order valence-electron chi connectivity index (χ1n) is 6.40. The number of anilines is 1. The molecule has 1 N–H and O–H groups in total. The molecular formula is C16H17BrFN. The Kier molecular flexibility index (Phi) is 4.59. The van der Waals surface area contributed by atoms with E-state index in [4.69, 9.17) is 0 Å². The Bertz CT molecular complexity index is 551. The molecule has 0 fully saturated rings. The largest absolute Gasteiger partial charge is 0.378 e. The number of benzene rings is 2. The number of nitrogens with one attached hydrogen (secondary N) is 1. The van der Waals surface area contributed by atoms with Gasteiger partial charge in [-0.15, -0.1) is 0 Å². The van der Waals surface area contributed by atoms with Crippen LogP contribution in [0.2, 0.25) is 0 Å². The van der Waals surface area contributed by atoms with Gasteiger partial charge in [0.05, 0.1) is 5.69 Å². The molecule has 0 spiro atoms. The van der Waals surface area contributed by atoms with Crippen molar-refractivity contribution in [3.8, 4) is 0 Å². The fourth-order valence-electron chi connectivity index (χ4n) is 1.97. The lowest BCUT2D eigenvalue weighted by atomic mass is 10.0. The van der Waals surface area contributed by atoms with Crippen LogP contribution in [-0.4, -0.2) is 0 Å². The highest BCUT2D eigenvalue weighted by Crippen LogP contribution is 2.27. The molecule has 1 atom stereocenters. The molecule has 0 aliphatic heterocycles. The van der Waals surface area contributed by atoms with E-state index in [1.807, 2.05) is 0 Å². The molecule has 3 heteroatoms. The quantitative estimate of drug-likeness (QED) is 0.803. The Morgan fingerprint density at radius 3 is 2.47 bits per heavy atom. The first-order valence-corrected chi connectivity index (χ1v) is 7.20. The molecule has 1 nitrogen and oxygen atoms in total. The predicted octanol–water partition coefficient (Wildman–Crippen LogP) is 5.32. The van der Waals surface area contributed by atoms with Crippen LogP contribution in [0.25, 0.3) is 0 Å². The van der Waals surface area contributed by atoms with Crippen LogP contribution in [0.4, 0.5) is 10.1 Å². The van der Waals surface area contributed by atoms with E-state index in [0.717, 1.165) is 16.6 Å². The predicted molar refractivity (Wildman–Crippen MR) is 82.0 cm³/mol. The second kappa shape index (κ2) is 6.20. The Morgan fingerprint density at radius 1 is 1.16 bits per heavy atom. The van der Waals surface area contributed by atoms with E-state index >= 15 is 0 Å². The van der Waals surface area contributed by atoms with Crippen molar-refractivity contribution in [3.63, 3.8) is 0 Å². The van der Waals surface area contributed by atoms with Gasteiger partial charge in [0, 0.05) is 10.5 Å². The Morgan fingerprint density at radius 2 is 1.84 bits per heavy atom. The maximum absolute atomic E-state index is 13.2. The Hall–Kier alpha value is -1.35. The normalized spacial score (nSPS) is 12.2. The van der Waals surface area contributed by atoms with Crippen molar-refractivity contribution in [3.05, 3.63) is 63.9 Å². The molecule has 19 heavy (non-hydrogen) atoms. The van der Waals surface area contributed by atoms with E-state index in [1.54, 1.807) is 6.07 Å². The second-order valence-electron chi connectivity index (χ2n) is 4.59. The molecule has 0 amide bonds. The van der Waals surface area contributed by atoms with Gasteiger partial charge in [-0.3, -0.25) is 0 Å². The fraction of sp³-hybridized carbons (Fsp3) is 0.250. The van der Waals surface area contributed by atoms with Crippen molar-refractivity contribution in [2.24, 2.45) is 0 Å². The molecular weight excluding hydrogens is 305 g/mol. The highest BCUT2D eigenvalue weighted by Gasteiger charge is 2.08. The Balaban J connectivity index is 2.15. The minimum Gasteiger partial charge on any atom is -0.378 e. The lowest BCUT2D eigenvalue weighted by Gasteiger charge is -2.17. The van der Waals surface area contributed by atoms with E-state index in [0.29, 0.717) is 0 Å². The summed E-state index contributed by atoms with van der Waals surface area (Å²) < 4.78 is 14.1. The zero-order valence-electron chi connectivity index (χ0n) is 11.1. The van der Waals surface area contributed by atoms with Crippen LogP contribution in [0, 0.1) is 5.82 Å². The molecule has 2 aromatic rings. The highest BCUT2D eigenvalue weighted by atomic mass is 79.9. The molecule has 0 aliphatic carbocycles.